The van der Waals surface area contributed by atoms with Crippen molar-refractivity contribution >= 4 is 28.4 Å². The first-order chi connectivity index (χ1) is 16.4. The predicted octanol–water partition coefficient (Wildman–Crippen LogP) is 1.99. The second kappa shape index (κ2) is 9.23. The van der Waals surface area contributed by atoms with Crippen LogP contribution in [0.25, 0.3) is 10.9 Å². The van der Waals surface area contributed by atoms with E-state index in [-0.39, 0.29) is 23.6 Å². The summed E-state index contributed by atoms with van der Waals surface area (Å²) in [5.41, 5.74) is 8.16. The molecule has 3 aromatic heterocycles. The molecule has 10 heteroatoms. The Hall–Kier alpha value is -4.39. The van der Waals surface area contributed by atoms with E-state index < -0.39 is 0 Å². The van der Waals surface area contributed by atoms with Gasteiger partial charge in [0.05, 0.1) is 36.7 Å². The Kier molecular flexibility index (Phi) is 6.19. The lowest BCUT2D eigenvalue weighted by Gasteiger charge is -2.16. The molecule has 0 spiro atoms. The standard InChI is InChI=1S/C24H24N6O4/c1-5-21(32)29-9-8-16(13-29)30-23-17(14(2)31)12-26-24(25)22(23)18(28-30)7-6-15-10-19(33-3)27-20(11-15)34-4/h5,10-12,16H,1,8-9,13H2,2-4H3,(H2,25,26). The zero-order valence-corrected chi connectivity index (χ0v) is 19.2. The Bertz CT molecular complexity index is 1350. The molecule has 0 saturated carbocycles. The number of aromatic nitrogens is 4. The number of rotatable bonds is 5. The number of anilines is 1. The maximum atomic E-state index is 12.4. The van der Waals surface area contributed by atoms with Gasteiger partial charge in [0.1, 0.15) is 11.5 Å². The van der Waals surface area contributed by atoms with Crippen LogP contribution in [0.1, 0.15) is 41.0 Å². The number of hydrogen-bond acceptors (Lipinski definition) is 8. The summed E-state index contributed by atoms with van der Waals surface area (Å²) in [5.74, 6) is 6.72. The van der Waals surface area contributed by atoms with E-state index in [0.717, 1.165) is 0 Å². The highest BCUT2D eigenvalue weighted by Gasteiger charge is 2.30. The Morgan fingerprint density at radius 1 is 1.24 bits per heavy atom. The molecule has 0 aromatic carbocycles. The number of carbonyl (C=O) groups excluding carboxylic acids is 2. The van der Waals surface area contributed by atoms with Crippen molar-refractivity contribution in [2.24, 2.45) is 0 Å². The van der Waals surface area contributed by atoms with E-state index in [9.17, 15) is 9.59 Å². The lowest BCUT2D eigenvalue weighted by molar-refractivity contribution is -0.125. The smallest absolute Gasteiger partial charge is 0.246 e. The molecule has 34 heavy (non-hydrogen) atoms. The highest BCUT2D eigenvalue weighted by molar-refractivity contribution is 6.09. The van der Waals surface area contributed by atoms with Crippen molar-refractivity contribution in [3.8, 4) is 23.6 Å². The molecule has 1 amide bonds. The molecule has 0 radical (unpaired) electrons. The quantitative estimate of drug-likeness (QED) is 0.348. The van der Waals surface area contributed by atoms with Crippen LogP contribution in [0.15, 0.2) is 31.0 Å². The number of Topliss-reactive ketones (excluding diaryl/α,β-unsaturated/α-hetero) is 1. The van der Waals surface area contributed by atoms with Crippen molar-refractivity contribution in [1.82, 2.24) is 24.6 Å². The van der Waals surface area contributed by atoms with Crippen LogP contribution < -0.4 is 15.2 Å². The number of amides is 1. The van der Waals surface area contributed by atoms with Gasteiger partial charge < -0.3 is 20.1 Å². The molecule has 1 aliphatic rings. The molecular formula is C24H24N6O4. The largest absolute Gasteiger partial charge is 0.481 e. The van der Waals surface area contributed by atoms with Gasteiger partial charge in [-0.1, -0.05) is 12.5 Å². The lowest BCUT2D eigenvalue weighted by Crippen LogP contribution is -2.27. The number of ether oxygens (including phenoxy) is 2. The summed E-state index contributed by atoms with van der Waals surface area (Å²) in [7, 11) is 3.01. The van der Waals surface area contributed by atoms with Crippen LogP contribution in [0.4, 0.5) is 5.82 Å². The Morgan fingerprint density at radius 3 is 2.56 bits per heavy atom. The molecule has 1 unspecified atom stereocenters. The average molecular weight is 460 g/mol. The Balaban J connectivity index is 1.86. The third kappa shape index (κ3) is 4.15. The normalized spacial score (nSPS) is 15.0. The second-order valence-corrected chi connectivity index (χ2v) is 7.75. The topological polar surface area (TPSA) is 125 Å². The molecule has 174 valence electrons. The number of nitrogens with zero attached hydrogens (tertiary/aromatic N) is 5. The van der Waals surface area contributed by atoms with Crippen molar-refractivity contribution in [1.29, 1.82) is 0 Å². The molecule has 3 aromatic rings. The fourth-order valence-electron chi connectivity index (χ4n) is 3.97. The number of nitrogen functional groups attached to an aromatic ring is 1. The van der Waals surface area contributed by atoms with Gasteiger partial charge >= 0.3 is 0 Å². The van der Waals surface area contributed by atoms with Gasteiger partial charge in [0.25, 0.3) is 0 Å². The monoisotopic (exact) mass is 460 g/mol. The van der Waals surface area contributed by atoms with E-state index >= 15 is 0 Å². The van der Waals surface area contributed by atoms with Crippen LogP contribution >= 0.6 is 0 Å². The third-order valence-electron chi connectivity index (χ3n) is 5.65. The van der Waals surface area contributed by atoms with E-state index in [1.807, 2.05) is 0 Å². The summed E-state index contributed by atoms with van der Waals surface area (Å²) in [6.07, 6.45) is 3.41. The first-order valence-electron chi connectivity index (χ1n) is 10.6. The minimum absolute atomic E-state index is 0.146. The third-order valence-corrected chi connectivity index (χ3v) is 5.65. The average Bonchev–Trinajstić information content (AvgIpc) is 3.47. The molecular weight excluding hydrogens is 436 g/mol. The molecule has 1 saturated heterocycles. The van der Waals surface area contributed by atoms with E-state index in [1.165, 1.54) is 33.4 Å². The number of methoxy groups -OCH3 is 2. The van der Waals surface area contributed by atoms with Crippen LogP contribution in [0, 0.1) is 11.8 Å². The van der Waals surface area contributed by atoms with Crippen LogP contribution in [0.2, 0.25) is 0 Å². The molecule has 2 N–H and O–H groups in total. The number of ketones is 1. The summed E-state index contributed by atoms with van der Waals surface area (Å²) < 4.78 is 12.2. The summed E-state index contributed by atoms with van der Waals surface area (Å²) in [5, 5.41) is 5.23. The van der Waals surface area contributed by atoms with Crippen molar-refractivity contribution in [2.75, 3.05) is 33.0 Å². The van der Waals surface area contributed by atoms with Crippen molar-refractivity contribution in [3.63, 3.8) is 0 Å². The fraction of sp³-hybridized carbons (Fsp3) is 0.292. The van der Waals surface area contributed by atoms with E-state index in [1.54, 1.807) is 21.7 Å². The summed E-state index contributed by atoms with van der Waals surface area (Å²) in [6.45, 7) is 6.02. The number of likely N-dealkylation sites (tertiary alicyclic amines) is 1. The lowest BCUT2D eigenvalue weighted by atomic mass is 10.1. The SMILES string of the molecule is C=CC(=O)N1CCC(n2nc(C#Cc3cc(OC)nc(OC)c3)c3c(N)ncc(C(C)=O)c32)C1. The van der Waals surface area contributed by atoms with Crippen LogP contribution in [-0.4, -0.2) is 63.6 Å². The number of nitrogens with two attached hydrogens (primary N) is 1. The van der Waals surface area contributed by atoms with E-state index in [4.69, 9.17) is 20.3 Å². The molecule has 0 aliphatic carbocycles. The van der Waals surface area contributed by atoms with Gasteiger partial charge in [-0.05, 0) is 25.3 Å². The second-order valence-electron chi connectivity index (χ2n) is 7.75. The molecule has 1 fully saturated rings. The highest BCUT2D eigenvalue weighted by Crippen LogP contribution is 2.32. The van der Waals surface area contributed by atoms with Crippen molar-refractivity contribution in [3.05, 3.63) is 47.8 Å². The van der Waals surface area contributed by atoms with Crippen molar-refractivity contribution in [2.45, 2.75) is 19.4 Å². The summed E-state index contributed by atoms with van der Waals surface area (Å²) in [4.78, 5) is 34.6. The van der Waals surface area contributed by atoms with E-state index in [0.29, 0.717) is 59.0 Å². The maximum Gasteiger partial charge on any atom is 0.246 e. The Labute approximate surface area is 196 Å². The number of carbonyl (C=O) groups is 2. The first-order valence-corrected chi connectivity index (χ1v) is 10.6. The van der Waals surface area contributed by atoms with Gasteiger partial charge in [-0.2, -0.15) is 10.1 Å². The number of hydrogen-bond donors (Lipinski definition) is 1. The van der Waals surface area contributed by atoms with Crippen LogP contribution in [0.3, 0.4) is 0 Å². The van der Waals surface area contributed by atoms with Crippen molar-refractivity contribution < 1.29 is 19.1 Å². The van der Waals surface area contributed by atoms with Crippen LogP contribution in [0.5, 0.6) is 11.8 Å². The molecule has 10 nitrogen and oxygen atoms in total. The Morgan fingerprint density at radius 2 is 1.94 bits per heavy atom. The van der Waals surface area contributed by atoms with Gasteiger partial charge in [-0.25, -0.2) is 4.98 Å². The van der Waals surface area contributed by atoms with Gasteiger partial charge in [-0.15, -0.1) is 0 Å². The van der Waals surface area contributed by atoms with Gasteiger partial charge in [0.15, 0.2) is 5.78 Å². The minimum Gasteiger partial charge on any atom is -0.481 e. The predicted molar refractivity (Wildman–Crippen MR) is 126 cm³/mol. The zero-order chi connectivity index (χ0) is 24.4. The molecule has 1 atom stereocenters. The van der Waals surface area contributed by atoms with Gasteiger partial charge in [0, 0.05) is 37.0 Å². The molecule has 4 heterocycles. The minimum atomic E-state index is -0.168. The fourth-order valence-corrected chi connectivity index (χ4v) is 3.97. The summed E-state index contributed by atoms with van der Waals surface area (Å²) >= 11 is 0. The first kappa shape index (κ1) is 22.8. The summed E-state index contributed by atoms with van der Waals surface area (Å²) in [6, 6.07) is 3.20. The van der Waals surface area contributed by atoms with Gasteiger partial charge in [-0.3, -0.25) is 14.3 Å². The molecule has 0 bridgehead atoms. The van der Waals surface area contributed by atoms with Crippen LogP contribution in [-0.2, 0) is 4.79 Å². The number of pyridine rings is 2. The maximum absolute atomic E-state index is 12.4. The molecule has 1 aliphatic heterocycles. The highest BCUT2D eigenvalue weighted by atomic mass is 16.5. The zero-order valence-electron chi connectivity index (χ0n) is 19.2. The molecule has 4 rings (SSSR count). The van der Waals surface area contributed by atoms with E-state index in [2.05, 4.69) is 28.4 Å². The number of fused-ring (bicyclic) bond motifs is 1. The van der Waals surface area contributed by atoms with Gasteiger partial charge in [0.2, 0.25) is 17.7 Å².